The van der Waals surface area contributed by atoms with Gasteiger partial charge in [-0.25, -0.2) is 0 Å². The van der Waals surface area contributed by atoms with Crippen LogP contribution in [0.5, 0.6) is 0 Å². The zero-order chi connectivity index (χ0) is 13.4. The first-order valence-electron chi connectivity index (χ1n) is 6.35. The van der Waals surface area contributed by atoms with E-state index in [9.17, 15) is 5.11 Å². The Morgan fingerprint density at radius 3 is 2.56 bits per heavy atom. The predicted molar refractivity (Wildman–Crippen MR) is 76.0 cm³/mol. The summed E-state index contributed by atoms with van der Waals surface area (Å²) in [5, 5.41) is 9.75. The van der Waals surface area contributed by atoms with Crippen LogP contribution in [0.2, 0.25) is 0 Å². The van der Waals surface area contributed by atoms with E-state index in [2.05, 4.69) is 11.5 Å². The van der Waals surface area contributed by atoms with E-state index in [1.54, 1.807) is 7.11 Å². The third kappa shape index (κ3) is 4.17. The van der Waals surface area contributed by atoms with E-state index < -0.39 is 0 Å². The average molecular weight is 249 g/mol. The summed E-state index contributed by atoms with van der Waals surface area (Å²) in [7, 11) is 1.70. The van der Waals surface area contributed by atoms with Crippen LogP contribution in [-0.2, 0) is 4.74 Å². The van der Waals surface area contributed by atoms with Crippen molar-refractivity contribution in [2.75, 3.05) is 31.7 Å². The molecule has 0 spiro atoms. The Morgan fingerprint density at radius 1 is 1.39 bits per heavy atom. The largest absolute Gasteiger partial charge is 0.388 e. The molecule has 1 rings (SSSR count). The summed E-state index contributed by atoms with van der Waals surface area (Å²) < 4.78 is 5.10. The molecule has 100 valence electrons. The lowest BCUT2D eigenvalue weighted by molar-refractivity contribution is 0.173. The number of aliphatic hydroxyl groups is 1. The lowest BCUT2D eigenvalue weighted by Gasteiger charge is -2.23. The Labute approximate surface area is 110 Å². The normalized spacial score (nSPS) is 12.2. The van der Waals surface area contributed by atoms with Gasteiger partial charge in [-0.3, -0.25) is 0 Å². The maximum Gasteiger partial charge on any atom is 0.0787 e. The third-order valence-electron chi connectivity index (χ3n) is 2.94. The van der Waals surface area contributed by atoms with Gasteiger partial charge in [-0.2, -0.15) is 0 Å². The molecule has 1 aromatic carbocycles. The molecular formula is C15H23NO2. The van der Waals surface area contributed by atoms with E-state index in [0.717, 1.165) is 30.8 Å². The Morgan fingerprint density at radius 2 is 2.06 bits per heavy atom. The van der Waals surface area contributed by atoms with Gasteiger partial charge in [0, 0.05) is 25.9 Å². The summed E-state index contributed by atoms with van der Waals surface area (Å²) in [6.45, 7) is 8.05. The van der Waals surface area contributed by atoms with Crippen LogP contribution in [0.3, 0.4) is 0 Å². The number of benzene rings is 1. The van der Waals surface area contributed by atoms with Gasteiger partial charge >= 0.3 is 0 Å². The van der Waals surface area contributed by atoms with E-state index in [4.69, 9.17) is 4.74 Å². The highest BCUT2D eigenvalue weighted by Crippen LogP contribution is 2.20. The SMILES string of the molecule is C=CCN(CCOC)c1ccc([C@H](O)CC)cc1. The molecule has 3 nitrogen and oxygen atoms in total. The molecule has 18 heavy (non-hydrogen) atoms. The minimum absolute atomic E-state index is 0.370. The van der Waals surface area contributed by atoms with Crippen molar-refractivity contribution in [1.29, 1.82) is 0 Å². The van der Waals surface area contributed by atoms with Crippen molar-refractivity contribution in [3.63, 3.8) is 0 Å². The molecule has 0 fully saturated rings. The molecule has 0 bridgehead atoms. The van der Waals surface area contributed by atoms with Gasteiger partial charge in [0.1, 0.15) is 0 Å². The van der Waals surface area contributed by atoms with Crippen LogP contribution in [0, 0.1) is 0 Å². The van der Waals surface area contributed by atoms with Gasteiger partial charge in [0.05, 0.1) is 12.7 Å². The van der Waals surface area contributed by atoms with E-state index >= 15 is 0 Å². The first kappa shape index (κ1) is 14.7. The smallest absolute Gasteiger partial charge is 0.0787 e. The Hall–Kier alpha value is -1.32. The van der Waals surface area contributed by atoms with Gasteiger partial charge in [0.25, 0.3) is 0 Å². The highest BCUT2D eigenvalue weighted by atomic mass is 16.5. The minimum Gasteiger partial charge on any atom is -0.388 e. The Kier molecular flexibility index (Phi) is 6.47. The molecule has 1 N–H and O–H groups in total. The van der Waals surface area contributed by atoms with Crippen molar-refractivity contribution >= 4 is 5.69 Å². The average Bonchev–Trinajstić information content (AvgIpc) is 2.43. The van der Waals surface area contributed by atoms with Crippen molar-refractivity contribution in [1.82, 2.24) is 0 Å². The van der Waals surface area contributed by atoms with Crippen LogP contribution in [0.4, 0.5) is 5.69 Å². The van der Waals surface area contributed by atoms with Crippen LogP contribution in [0.1, 0.15) is 25.0 Å². The van der Waals surface area contributed by atoms with Crippen molar-refractivity contribution in [2.45, 2.75) is 19.4 Å². The second-order valence-electron chi connectivity index (χ2n) is 4.24. The number of methoxy groups -OCH3 is 1. The number of hydrogen-bond acceptors (Lipinski definition) is 3. The van der Waals surface area contributed by atoms with E-state index in [0.29, 0.717) is 6.61 Å². The second kappa shape index (κ2) is 7.90. The first-order valence-corrected chi connectivity index (χ1v) is 6.35. The van der Waals surface area contributed by atoms with Gasteiger partial charge in [-0.05, 0) is 24.1 Å². The second-order valence-corrected chi connectivity index (χ2v) is 4.24. The fourth-order valence-electron chi connectivity index (χ4n) is 1.83. The molecule has 3 heteroatoms. The minimum atomic E-state index is -0.370. The van der Waals surface area contributed by atoms with Crippen LogP contribution in [0.25, 0.3) is 0 Å². The monoisotopic (exact) mass is 249 g/mol. The number of aliphatic hydroxyl groups excluding tert-OH is 1. The summed E-state index contributed by atoms with van der Waals surface area (Å²) >= 11 is 0. The van der Waals surface area contributed by atoms with Crippen LogP contribution in [-0.4, -0.2) is 31.9 Å². The van der Waals surface area contributed by atoms with Gasteiger partial charge in [0.2, 0.25) is 0 Å². The molecule has 0 aliphatic heterocycles. The number of nitrogens with zero attached hydrogens (tertiary/aromatic N) is 1. The Balaban J connectivity index is 2.76. The van der Waals surface area contributed by atoms with Gasteiger partial charge in [-0.15, -0.1) is 6.58 Å². The molecule has 0 radical (unpaired) electrons. The highest BCUT2D eigenvalue weighted by Gasteiger charge is 2.07. The van der Waals surface area contributed by atoms with Gasteiger partial charge in [-0.1, -0.05) is 25.1 Å². The first-order chi connectivity index (χ1) is 8.72. The van der Waals surface area contributed by atoms with Gasteiger partial charge in [0.15, 0.2) is 0 Å². The standard InChI is InChI=1S/C15H23NO2/c1-4-10-16(11-12-18-3)14-8-6-13(7-9-14)15(17)5-2/h4,6-9,15,17H,1,5,10-12H2,2-3H3/t15-/m1/s1. The van der Waals surface area contributed by atoms with Crippen molar-refractivity contribution in [3.05, 3.63) is 42.5 Å². The number of rotatable bonds is 8. The molecule has 0 aromatic heterocycles. The summed E-state index contributed by atoms with van der Waals surface area (Å²) in [4.78, 5) is 2.19. The zero-order valence-corrected chi connectivity index (χ0v) is 11.3. The van der Waals surface area contributed by atoms with Crippen LogP contribution in [0.15, 0.2) is 36.9 Å². The summed E-state index contributed by atoms with van der Waals surface area (Å²) in [5.74, 6) is 0. The van der Waals surface area contributed by atoms with Crippen LogP contribution >= 0.6 is 0 Å². The molecule has 0 aliphatic carbocycles. The number of ether oxygens (including phenoxy) is 1. The number of hydrogen-bond donors (Lipinski definition) is 1. The molecule has 1 atom stereocenters. The van der Waals surface area contributed by atoms with E-state index in [1.165, 1.54) is 0 Å². The maximum atomic E-state index is 9.75. The summed E-state index contributed by atoms with van der Waals surface area (Å²) in [5.41, 5.74) is 2.09. The van der Waals surface area contributed by atoms with Crippen molar-refractivity contribution in [2.24, 2.45) is 0 Å². The molecule has 0 aliphatic rings. The molecule has 0 saturated carbocycles. The molecule has 0 amide bonds. The zero-order valence-electron chi connectivity index (χ0n) is 11.3. The Bertz CT molecular complexity index is 348. The maximum absolute atomic E-state index is 9.75. The fourth-order valence-corrected chi connectivity index (χ4v) is 1.83. The lowest BCUT2D eigenvalue weighted by Crippen LogP contribution is -2.27. The molecule has 0 unspecified atom stereocenters. The molecule has 0 saturated heterocycles. The summed E-state index contributed by atoms with van der Waals surface area (Å²) in [6.07, 6.45) is 2.25. The van der Waals surface area contributed by atoms with Crippen LogP contribution < -0.4 is 4.90 Å². The van der Waals surface area contributed by atoms with Gasteiger partial charge < -0.3 is 14.7 Å². The lowest BCUT2D eigenvalue weighted by atomic mass is 10.1. The number of anilines is 1. The summed E-state index contributed by atoms with van der Waals surface area (Å²) in [6, 6.07) is 8.03. The fraction of sp³-hybridized carbons (Fsp3) is 0.467. The highest BCUT2D eigenvalue weighted by molar-refractivity contribution is 5.48. The molecule has 0 heterocycles. The van der Waals surface area contributed by atoms with E-state index in [-0.39, 0.29) is 6.10 Å². The topological polar surface area (TPSA) is 32.7 Å². The molecule has 1 aromatic rings. The van der Waals surface area contributed by atoms with Crippen molar-refractivity contribution < 1.29 is 9.84 Å². The van der Waals surface area contributed by atoms with Crippen molar-refractivity contribution in [3.8, 4) is 0 Å². The third-order valence-corrected chi connectivity index (χ3v) is 2.94. The molecular weight excluding hydrogens is 226 g/mol. The quantitative estimate of drug-likeness (QED) is 0.719. The van der Waals surface area contributed by atoms with E-state index in [1.807, 2.05) is 37.3 Å². The predicted octanol–water partition coefficient (Wildman–Crippen LogP) is 2.77.